The van der Waals surface area contributed by atoms with Crippen LogP contribution in [0.3, 0.4) is 0 Å². The molecule has 0 bridgehead atoms. The van der Waals surface area contributed by atoms with E-state index in [9.17, 15) is 9.18 Å². The van der Waals surface area contributed by atoms with Gasteiger partial charge in [-0.25, -0.2) is 9.18 Å². The third-order valence-electron chi connectivity index (χ3n) is 4.59. The van der Waals surface area contributed by atoms with Gasteiger partial charge in [-0.3, -0.25) is 0 Å². The van der Waals surface area contributed by atoms with Crippen LogP contribution < -0.4 is 10.1 Å². The fourth-order valence-corrected chi connectivity index (χ4v) is 2.99. The summed E-state index contributed by atoms with van der Waals surface area (Å²) in [6.07, 6.45) is 4.39. The van der Waals surface area contributed by atoms with E-state index in [1.54, 1.807) is 54.4 Å². The monoisotopic (exact) mass is 372 g/mol. The zero-order valence-electron chi connectivity index (χ0n) is 15.5. The number of nitrogens with one attached hydrogen (secondary N) is 1. The summed E-state index contributed by atoms with van der Waals surface area (Å²) < 4.78 is 25.2. The van der Waals surface area contributed by atoms with Crippen molar-refractivity contribution >= 4 is 11.7 Å². The van der Waals surface area contributed by atoms with Gasteiger partial charge in [0, 0.05) is 20.2 Å². The highest BCUT2D eigenvalue weighted by Crippen LogP contribution is 2.30. The summed E-state index contributed by atoms with van der Waals surface area (Å²) in [5, 5.41) is 2.84. The summed E-state index contributed by atoms with van der Waals surface area (Å²) in [4.78, 5) is 14.1. The smallest absolute Gasteiger partial charge is 0.321 e. The van der Waals surface area contributed by atoms with Gasteiger partial charge in [-0.15, -0.1) is 0 Å². The minimum absolute atomic E-state index is 0.113. The molecule has 1 aliphatic rings. The molecule has 0 spiro atoms. The van der Waals surface area contributed by atoms with Gasteiger partial charge in [0.1, 0.15) is 0 Å². The van der Waals surface area contributed by atoms with E-state index in [4.69, 9.17) is 9.47 Å². The Kier molecular flexibility index (Phi) is 6.65. The van der Waals surface area contributed by atoms with Gasteiger partial charge in [0.15, 0.2) is 17.3 Å². The van der Waals surface area contributed by atoms with Crippen LogP contribution in [-0.2, 0) is 4.74 Å². The summed E-state index contributed by atoms with van der Waals surface area (Å²) in [5.74, 6) is 0.0465. The van der Waals surface area contributed by atoms with Crippen molar-refractivity contribution < 1.29 is 18.7 Å². The number of ether oxygens (including phenoxy) is 2. The van der Waals surface area contributed by atoms with Gasteiger partial charge >= 0.3 is 6.03 Å². The number of hydrogen-bond donors (Lipinski definition) is 1. The molecule has 5 nitrogen and oxygen atoms in total. The van der Waals surface area contributed by atoms with Crippen LogP contribution in [0.2, 0.25) is 0 Å². The quantitative estimate of drug-likeness (QED) is 0.773. The lowest BCUT2D eigenvalue weighted by molar-refractivity contribution is 0.00848. The van der Waals surface area contributed by atoms with Crippen LogP contribution in [-0.4, -0.2) is 37.2 Å². The molecule has 0 aromatic heterocycles. The molecule has 1 fully saturated rings. The Bertz CT molecular complexity index is 763. The van der Waals surface area contributed by atoms with Gasteiger partial charge in [-0.2, -0.15) is 0 Å². The number of amides is 2. The Morgan fingerprint density at radius 3 is 2.67 bits per heavy atom. The number of halogens is 1. The number of anilines is 1. The second-order valence-electron chi connectivity index (χ2n) is 6.66. The van der Waals surface area contributed by atoms with E-state index in [1.807, 2.05) is 0 Å². The Balaban J connectivity index is 1.59. The normalized spacial score (nSPS) is 16.6. The number of rotatable bonds is 6. The van der Waals surface area contributed by atoms with E-state index in [1.165, 1.54) is 12.5 Å². The molecule has 3 rings (SSSR count). The number of para-hydroxylation sites is 3. The summed E-state index contributed by atoms with van der Waals surface area (Å²) in [6, 6.07) is 12.9. The van der Waals surface area contributed by atoms with E-state index in [0.717, 1.165) is 25.9 Å². The zero-order chi connectivity index (χ0) is 19.1. The Hall–Kier alpha value is -2.60. The molecule has 144 valence electrons. The highest BCUT2D eigenvalue weighted by Gasteiger charge is 2.17. The van der Waals surface area contributed by atoms with Gasteiger partial charge in [-0.1, -0.05) is 24.3 Å². The summed E-state index contributed by atoms with van der Waals surface area (Å²) in [5.41, 5.74) is 0.492. The number of nitrogens with zero attached hydrogens (tertiary/aromatic N) is 1. The second-order valence-corrected chi connectivity index (χ2v) is 6.66. The van der Waals surface area contributed by atoms with Crippen LogP contribution in [0.1, 0.15) is 25.7 Å². The topological polar surface area (TPSA) is 50.8 Å². The van der Waals surface area contributed by atoms with Crippen molar-refractivity contribution in [3.63, 3.8) is 0 Å². The van der Waals surface area contributed by atoms with Crippen molar-refractivity contribution in [2.75, 3.05) is 25.5 Å². The molecule has 1 saturated heterocycles. The predicted molar refractivity (Wildman–Crippen MR) is 103 cm³/mol. The van der Waals surface area contributed by atoms with Crippen molar-refractivity contribution in [2.45, 2.75) is 31.8 Å². The Morgan fingerprint density at radius 2 is 1.93 bits per heavy atom. The van der Waals surface area contributed by atoms with Gasteiger partial charge in [-0.05, 0) is 49.9 Å². The minimum atomic E-state index is -0.455. The van der Waals surface area contributed by atoms with Crippen molar-refractivity contribution in [3.8, 4) is 11.5 Å². The first kappa shape index (κ1) is 19.2. The van der Waals surface area contributed by atoms with Crippen LogP contribution in [0, 0.1) is 5.82 Å². The Morgan fingerprint density at radius 1 is 1.19 bits per heavy atom. The van der Waals surface area contributed by atoms with Crippen LogP contribution in [0.5, 0.6) is 11.5 Å². The van der Waals surface area contributed by atoms with Gasteiger partial charge in [0.25, 0.3) is 0 Å². The molecule has 0 radical (unpaired) electrons. The largest absolute Gasteiger partial charge is 0.452 e. The molecule has 1 N–H and O–H groups in total. The number of benzene rings is 2. The molecule has 0 aliphatic carbocycles. The number of hydrogen-bond acceptors (Lipinski definition) is 3. The molecule has 6 heteroatoms. The van der Waals surface area contributed by atoms with E-state index >= 15 is 0 Å². The van der Waals surface area contributed by atoms with Crippen molar-refractivity contribution in [1.29, 1.82) is 0 Å². The lowest BCUT2D eigenvalue weighted by atomic mass is 10.1. The van der Waals surface area contributed by atoms with Crippen molar-refractivity contribution in [2.24, 2.45) is 0 Å². The number of carbonyl (C=O) groups excluding carboxylic acids is 1. The first-order chi connectivity index (χ1) is 13.1. The zero-order valence-corrected chi connectivity index (χ0v) is 15.5. The second kappa shape index (κ2) is 9.37. The molecular formula is C21H25FN2O3. The van der Waals surface area contributed by atoms with Crippen LogP contribution in [0.15, 0.2) is 48.5 Å². The predicted octanol–water partition coefficient (Wildman–Crippen LogP) is 5.04. The average Bonchev–Trinajstić information content (AvgIpc) is 2.70. The summed E-state index contributed by atoms with van der Waals surface area (Å²) in [7, 11) is 1.75. The van der Waals surface area contributed by atoms with E-state index in [2.05, 4.69) is 5.32 Å². The number of urea groups is 1. The highest BCUT2D eigenvalue weighted by atomic mass is 19.1. The fraction of sp³-hybridized carbons (Fsp3) is 0.381. The molecule has 27 heavy (non-hydrogen) atoms. The third-order valence-corrected chi connectivity index (χ3v) is 4.59. The van der Waals surface area contributed by atoms with Crippen molar-refractivity contribution in [3.05, 3.63) is 54.3 Å². The average molecular weight is 372 g/mol. The molecular weight excluding hydrogens is 347 g/mol. The first-order valence-corrected chi connectivity index (χ1v) is 9.28. The molecule has 2 amide bonds. The van der Waals surface area contributed by atoms with Crippen LogP contribution >= 0.6 is 0 Å². The molecule has 1 aliphatic heterocycles. The van der Waals surface area contributed by atoms with E-state index in [-0.39, 0.29) is 17.9 Å². The molecule has 0 saturated carbocycles. The lowest BCUT2D eigenvalue weighted by Gasteiger charge is -2.25. The van der Waals surface area contributed by atoms with E-state index < -0.39 is 5.82 Å². The summed E-state index contributed by atoms with van der Waals surface area (Å²) >= 11 is 0. The lowest BCUT2D eigenvalue weighted by Crippen LogP contribution is -2.34. The third kappa shape index (κ3) is 5.44. The molecule has 2 aromatic rings. The molecule has 0 unspecified atom stereocenters. The van der Waals surface area contributed by atoms with Gasteiger partial charge in [0.2, 0.25) is 0 Å². The van der Waals surface area contributed by atoms with Crippen molar-refractivity contribution in [1.82, 2.24) is 4.90 Å². The fourth-order valence-electron chi connectivity index (χ4n) is 2.99. The van der Waals surface area contributed by atoms with E-state index in [0.29, 0.717) is 18.0 Å². The van der Waals surface area contributed by atoms with Gasteiger partial charge < -0.3 is 19.7 Å². The molecule has 2 aromatic carbocycles. The van der Waals surface area contributed by atoms with Crippen LogP contribution in [0.4, 0.5) is 14.9 Å². The highest BCUT2D eigenvalue weighted by molar-refractivity contribution is 5.90. The first-order valence-electron chi connectivity index (χ1n) is 9.28. The minimum Gasteiger partial charge on any atom is -0.452 e. The van der Waals surface area contributed by atoms with Gasteiger partial charge in [0.05, 0.1) is 11.8 Å². The Labute approximate surface area is 159 Å². The maximum Gasteiger partial charge on any atom is 0.321 e. The molecule has 1 heterocycles. The maximum absolute atomic E-state index is 13.8. The van der Waals surface area contributed by atoms with Crippen LogP contribution in [0.25, 0.3) is 0 Å². The number of carbonyl (C=O) groups is 1. The molecule has 1 atom stereocenters. The SMILES string of the molecule is CN(CC[C@H]1CCCCO1)C(=O)Nc1ccccc1Oc1ccccc1F. The standard InChI is InChI=1S/C21H25FN2O3/c1-24(14-13-16-8-6-7-15-26-16)21(25)23-18-10-3-5-12-20(18)27-19-11-4-2-9-17(19)22/h2-5,9-12,16H,6-8,13-15H2,1H3,(H,23,25)/t16-/m1/s1. The summed E-state index contributed by atoms with van der Waals surface area (Å²) in [6.45, 7) is 1.41. The maximum atomic E-state index is 13.8.